The Hall–Kier alpha value is -4.60. The molecule has 0 aliphatic heterocycles. The van der Waals surface area contributed by atoms with Gasteiger partial charge in [0.1, 0.15) is 0 Å². The van der Waals surface area contributed by atoms with Crippen LogP contribution in [0, 0.1) is 6.92 Å². The van der Waals surface area contributed by atoms with Gasteiger partial charge in [-0.3, -0.25) is 9.36 Å². The number of amides is 1. The van der Waals surface area contributed by atoms with E-state index >= 15 is 0 Å². The van der Waals surface area contributed by atoms with E-state index in [-0.39, 0.29) is 11.1 Å². The third kappa shape index (κ3) is 4.28. The summed E-state index contributed by atoms with van der Waals surface area (Å²) in [4.78, 5) is 29.6. The number of carbonyl (C=O) groups excluding carboxylic acids is 1. The first kappa shape index (κ1) is 23.2. The van der Waals surface area contributed by atoms with Crippen molar-refractivity contribution in [2.75, 3.05) is 10.6 Å². The van der Waals surface area contributed by atoms with Crippen molar-refractivity contribution in [2.24, 2.45) is 7.05 Å². The Kier molecular flexibility index (Phi) is 5.51. The van der Waals surface area contributed by atoms with Crippen molar-refractivity contribution in [3.63, 3.8) is 0 Å². The Bertz CT molecular complexity index is 1700. The minimum Gasteiger partial charge on any atom is -0.355 e. The van der Waals surface area contributed by atoms with Crippen molar-refractivity contribution < 1.29 is 18.0 Å². The number of aryl methyl sites for hydroxylation is 2. The van der Waals surface area contributed by atoms with Crippen LogP contribution in [0.15, 0.2) is 78.0 Å². The lowest BCUT2D eigenvalue weighted by Crippen LogP contribution is -2.18. The van der Waals surface area contributed by atoms with Crippen molar-refractivity contribution in [1.82, 2.24) is 14.1 Å². The van der Waals surface area contributed by atoms with Gasteiger partial charge in [0.05, 0.1) is 28.3 Å². The Morgan fingerprint density at radius 1 is 0.972 bits per heavy atom. The summed E-state index contributed by atoms with van der Waals surface area (Å²) in [5.74, 6) is 0. The van der Waals surface area contributed by atoms with Crippen molar-refractivity contribution in [2.45, 2.75) is 13.1 Å². The lowest BCUT2D eigenvalue weighted by molar-refractivity contribution is -0.137. The summed E-state index contributed by atoms with van der Waals surface area (Å²) in [6, 6.07) is 14.7. The van der Waals surface area contributed by atoms with Gasteiger partial charge in [0.25, 0.3) is 5.56 Å². The number of nitrogens with zero attached hydrogens (tertiary/aromatic N) is 3. The molecule has 3 aromatic carbocycles. The molecule has 5 aromatic rings. The van der Waals surface area contributed by atoms with Gasteiger partial charge in [-0.25, -0.2) is 9.78 Å². The molecule has 0 atom stereocenters. The predicted octanol–water partition coefficient (Wildman–Crippen LogP) is 6.04. The summed E-state index contributed by atoms with van der Waals surface area (Å²) in [6.45, 7) is 1.88. The fraction of sp³-hybridized carbons (Fsp3) is 0.115. The number of anilines is 3. The second-order valence-corrected chi connectivity index (χ2v) is 8.43. The minimum atomic E-state index is -4.51. The molecule has 0 saturated carbocycles. The third-order valence-corrected chi connectivity index (χ3v) is 5.92. The standard InChI is InChI=1S/C26H20F3N5O2/c1-15-3-6-19(13-22(15)31-18-7-8-21-20(12-18)24(35)33(2)14-30-21)32-25(36)34-10-9-16-4-5-17(11-23(16)34)26(27,28)29/h3-14,31H,1-2H3,(H,32,36). The van der Waals surface area contributed by atoms with E-state index in [0.717, 1.165) is 22.3 Å². The maximum absolute atomic E-state index is 13.2. The number of alkyl halides is 3. The van der Waals surface area contributed by atoms with Crippen LogP contribution < -0.4 is 16.2 Å². The molecule has 0 fully saturated rings. The fourth-order valence-corrected chi connectivity index (χ4v) is 3.94. The third-order valence-electron chi connectivity index (χ3n) is 5.92. The van der Waals surface area contributed by atoms with Crippen LogP contribution in [0.3, 0.4) is 0 Å². The minimum absolute atomic E-state index is 0.152. The van der Waals surface area contributed by atoms with E-state index in [1.54, 1.807) is 49.5 Å². The number of hydrogen-bond acceptors (Lipinski definition) is 4. The maximum Gasteiger partial charge on any atom is 0.416 e. The second kappa shape index (κ2) is 8.56. The van der Waals surface area contributed by atoms with Crippen LogP contribution in [0.1, 0.15) is 11.1 Å². The monoisotopic (exact) mass is 491 g/mol. The van der Waals surface area contributed by atoms with E-state index in [2.05, 4.69) is 15.6 Å². The largest absolute Gasteiger partial charge is 0.416 e. The highest BCUT2D eigenvalue weighted by molar-refractivity contribution is 5.99. The van der Waals surface area contributed by atoms with E-state index in [9.17, 15) is 22.8 Å². The highest BCUT2D eigenvalue weighted by atomic mass is 19.4. The van der Waals surface area contributed by atoms with E-state index in [1.807, 2.05) is 6.92 Å². The van der Waals surface area contributed by atoms with Gasteiger partial charge in [-0.05, 0) is 61.0 Å². The van der Waals surface area contributed by atoms with E-state index < -0.39 is 17.8 Å². The Morgan fingerprint density at radius 3 is 2.53 bits per heavy atom. The Labute approximate surface area is 202 Å². The Balaban J connectivity index is 1.42. The average molecular weight is 491 g/mol. The molecule has 10 heteroatoms. The Morgan fingerprint density at radius 2 is 1.75 bits per heavy atom. The summed E-state index contributed by atoms with van der Waals surface area (Å²) >= 11 is 0. The van der Waals surface area contributed by atoms with Gasteiger partial charge in [-0.15, -0.1) is 0 Å². The summed E-state index contributed by atoms with van der Waals surface area (Å²) in [6.07, 6.45) is -1.62. The van der Waals surface area contributed by atoms with E-state index in [0.29, 0.717) is 33.4 Å². The predicted molar refractivity (Wildman–Crippen MR) is 133 cm³/mol. The second-order valence-electron chi connectivity index (χ2n) is 8.43. The average Bonchev–Trinajstić information content (AvgIpc) is 3.27. The molecule has 2 N–H and O–H groups in total. The lowest BCUT2D eigenvalue weighted by Gasteiger charge is -2.14. The summed E-state index contributed by atoms with van der Waals surface area (Å²) < 4.78 is 42.0. The molecule has 0 spiro atoms. The topological polar surface area (TPSA) is 81.0 Å². The van der Waals surface area contributed by atoms with Gasteiger partial charge in [0.15, 0.2) is 0 Å². The highest BCUT2D eigenvalue weighted by Gasteiger charge is 2.31. The molecule has 0 saturated heterocycles. The molecule has 36 heavy (non-hydrogen) atoms. The molecule has 2 aromatic heterocycles. The number of benzene rings is 3. The number of fused-ring (bicyclic) bond motifs is 2. The van der Waals surface area contributed by atoms with Gasteiger partial charge < -0.3 is 15.2 Å². The normalized spacial score (nSPS) is 11.7. The van der Waals surface area contributed by atoms with Crippen LogP contribution >= 0.6 is 0 Å². The summed E-state index contributed by atoms with van der Waals surface area (Å²) in [5, 5.41) is 6.97. The highest BCUT2D eigenvalue weighted by Crippen LogP contribution is 2.32. The van der Waals surface area contributed by atoms with Crippen LogP contribution in [0.5, 0.6) is 0 Å². The molecule has 182 valence electrons. The fourth-order valence-electron chi connectivity index (χ4n) is 3.94. The zero-order chi connectivity index (χ0) is 25.6. The molecule has 7 nitrogen and oxygen atoms in total. The number of rotatable bonds is 3. The van der Waals surface area contributed by atoms with E-state index in [1.165, 1.54) is 23.2 Å². The maximum atomic E-state index is 13.2. The van der Waals surface area contributed by atoms with Crippen LogP contribution in [0.2, 0.25) is 0 Å². The molecular weight excluding hydrogens is 471 g/mol. The SMILES string of the molecule is Cc1ccc(NC(=O)n2ccc3ccc(C(F)(F)F)cc32)cc1Nc1ccc2ncn(C)c(=O)c2c1. The summed E-state index contributed by atoms with van der Waals surface area (Å²) in [7, 11) is 1.63. The van der Waals surface area contributed by atoms with Gasteiger partial charge in [-0.1, -0.05) is 12.1 Å². The first-order valence-corrected chi connectivity index (χ1v) is 10.9. The number of hydrogen-bond donors (Lipinski definition) is 2. The van der Waals surface area contributed by atoms with Crippen LogP contribution in [0.4, 0.5) is 35.0 Å². The number of halogens is 3. The van der Waals surface area contributed by atoms with E-state index in [4.69, 9.17) is 0 Å². The molecule has 0 aliphatic rings. The molecule has 0 radical (unpaired) electrons. The van der Waals surface area contributed by atoms with Crippen LogP contribution in [0.25, 0.3) is 21.8 Å². The number of aromatic nitrogens is 3. The molecule has 0 bridgehead atoms. The molecule has 5 rings (SSSR count). The van der Waals surface area contributed by atoms with Crippen molar-refractivity contribution in [3.05, 3.63) is 94.7 Å². The van der Waals surface area contributed by atoms with Gasteiger partial charge in [0, 0.05) is 35.7 Å². The summed E-state index contributed by atoms with van der Waals surface area (Å²) in [5.41, 5.74) is 2.40. The molecule has 0 unspecified atom stereocenters. The first-order valence-electron chi connectivity index (χ1n) is 10.9. The number of carbonyl (C=O) groups is 1. The number of nitrogens with one attached hydrogen (secondary N) is 2. The lowest BCUT2D eigenvalue weighted by atomic mass is 10.1. The zero-order valence-corrected chi connectivity index (χ0v) is 19.2. The van der Waals surface area contributed by atoms with Gasteiger partial charge in [0.2, 0.25) is 0 Å². The van der Waals surface area contributed by atoms with Gasteiger partial charge >= 0.3 is 12.2 Å². The first-order chi connectivity index (χ1) is 17.1. The smallest absolute Gasteiger partial charge is 0.355 e. The van der Waals surface area contributed by atoms with Crippen molar-refractivity contribution in [3.8, 4) is 0 Å². The quantitative estimate of drug-likeness (QED) is 0.323. The van der Waals surface area contributed by atoms with Crippen LogP contribution in [-0.2, 0) is 13.2 Å². The van der Waals surface area contributed by atoms with Crippen molar-refractivity contribution in [1.29, 1.82) is 0 Å². The van der Waals surface area contributed by atoms with Crippen molar-refractivity contribution >= 4 is 44.9 Å². The molecule has 2 heterocycles. The molecular formula is C26H20F3N5O2. The molecule has 1 amide bonds. The zero-order valence-electron chi connectivity index (χ0n) is 19.2. The molecule has 0 aliphatic carbocycles. The van der Waals surface area contributed by atoms with Crippen LogP contribution in [-0.4, -0.2) is 20.1 Å². The van der Waals surface area contributed by atoms with Gasteiger partial charge in [-0.2, -0.15) is 13.2 Å².